The number of carbonyl (C=O) groups is 1. The molecule has 5 rings (SSSR count). The van der Waals surface area contributed by atoms with Crippen molar-refractivity contribution in [1.82, 2.24) is 15.5 Å². The summed E-state index contributed by atoms with van der Waals surface area (Å²) >= 11 is 0. The molecule has 0 saturated carbocycles. The fourth-order valence-corrected chi connectivity index (χ4v) is 5.91. The summed E-state index contributed by atoms with van der Waals surface area (Å²) in [6, 6.07) is 15.6. The molecule has 0 bridgehead atoms. The molecule has 30 heavy (non-hydrogen) atoms. The first-order chi connectivity index (χ1) is 14.6. The molecule has 4 atom stereocenters. The van der Waals surface area contributed by atoms with Gasteiger partial charge in [-0.05, 0) is 74.2 Å². The summed E-state index contributed by atoms with van der Waals surface area (Å²) in [4.78, 5) is 16.2. The van der Waals surface area contributed by atoms with Gasteiger partial charge < -0.3 is 10.6 Å². The first kappa shape index (κ1) is 19.8. The highest BCUT2D eigenvalue weighted by Gasteiger charge is 2.41. The van der Waals surface area contributed by atoms with Crippen molar-refractivity contribution in [3.8, 4) is 0 Å². The number of rotatable bonds is 3. The SMILES string of the molecule is Cc1ccc2c(c1C(=O)N[C@H](C)c1ccccc1)[C@H]1C[C@H]3NCCC[C@H]3CN1CC2. The average molecular weight is 404 g/mol. The summed E-state index contributed by atoms with van der Waals surface area (Å²) in [5.41, 5.74) is 5.81. The Morgan fingerprint density at radius 2 is 2.03 bits per heavy atom. The standard InChI is InChI=1S/C26H33N3O/c1-17-10-11-20-12-14-29-16-21-9-6-13-27-22(21)15-23(29)25(20)24(17)26(30)28-18(2)19-7-4-3-5-8-19/h3-5,7-8,10-11,18,21-23,27H,6,9,12-16H2,1-2H3,(H,28,30)/t18-,21+,22-,23-/m1/s1. The summed E-state index contributed by atoms with van der Waals surface area (Å²) in [6.07, 6.45) is 4.80. The number of hydrogen-bond donors (Lipinski definition) is 2. The van der Waals surface area contributed by atoms with Crippen LogP contribution in [-0.4, -0.2) is 36.5 Å². The van der Waals surface area contributed by atoms with Crippen molar-refractivity contribution < 1.29 is 4.79 Å². The first-order valence-corrected chi connectivity index (χ1v) is 11.6. The Hall–Kier alpha value is -2.17. The molecule has 2 aromatic rings. The van der Waals surface area contributed by atoms with E-state index in [0.29, 0.717) is 12.1 Å². The molecule has 3 aliphatic heterocycles. The van der Waals surface area contributed by atoms with Crippen LogP contribution in [0.5, 0.6) is 0 Å². The molecule has 0 aliphatic carbocycles. The van der Waals surface area contributed by atoms with E-state index < -0.39 is 0 Å². The van der Waals surface area contributed by atoms with Gasteiger partial charge in [0.15, 0.2) is 0 Å². The molecule has 2 aromatic carbocycles. The lowest BCUT2D eigenvalue weighted by molar-refractivity contribution is 0.0542. The predicted octanol–water partition coefficient (Wildman–Crippen LogP) is 4.16. The summed E-state index contributed by atoms with van der Waals surface area (Å²) < 4.78 is 0. The van der Waals surface area contributed by atoms with Crippen LogP contribution in [0.4, 0.5) is 0 Å². The van der Waals surface area contributed by atoms with Crippen LogP contribution in [0.1, 0.15) is 70.9 Å². The monoisotopic (exact) mass is 403 g/mol. The van der Waals surface area contributed by atoms with E-state index in [-0.39, 0.29) is 11.9 Å². The smallest absolute Gasteiger partial charge is 0.252 e. The van der Waals surface area contributed by atoms with Crippen LogP contribution in [-0.2, 0) is 6.42 Å². The predicted molar refractivity (Wildman–Crippen MR) is 121 cm³/mol. The fourth-order valence-electron chi connectivity index (χ4n) is 5.91. The number of aryl methyl sites for hydroxylation is 1. The average Bonchev–Trinajstić information content (AvgIpc) is 2.78. The maximum absolute atomic E-state index is 13.5. The zero-order chi connectivity index (χ0) is 20.7. The highest BCUT2D eigenvalue weighted by atomic mass is 16.1. The number of benzene rings is 2. The van der Waals surface area contributed by atoms with E-state index in [2.05, 4.69) is 53.6 Å². The Bertz CT molecular complexity index is 925. The van der Waals surface area contributed by atoms with Gasteiger partial charge in [0.05, 0.1) is 6.04 Å². The third kappa shape index (κ3) is 3.57. The highest BCUT2D eigenvalue weighted by Crippen LogP contribution is 2.42. The lowest BCUT2D eigenvalue weighted by Crippen LogP contribution is -2.55. The number of carbonyl (C=O) groups excluding carboxylic acids is 1. The van der Waals surface area contributed by atoms with Crippen molar-refractivity contribution in [1.29, 1.82) is 0 Å². The van der Waals surface area contributed by atoms with Gasteiger partial charge in [-0.15, -0.1) is 0 Å². The Labute approximate surface area is 180 Å². The lowest BCUT2D eigenvalue weighted by Gasteiger charge is -2.49. The molecule has 3 aliphatic rings. The van der Waals surface area contributed by atoms with Gasteiger partial charge in [0.1, 0.15) is 0 Å². The highest BCUT2D eigenvalue weighted by molar-refractivity contribution is 5.98. The van der Waals surface area contributed by atoms with E-state index in [1.807, 2.05) is 18.2 Å². The molecule has 0 aromatic heterocycles. The van der Waals surface area contributed by atoms with Crippen molar-refractivity contribution in [2.75, 3.05) is 19.6 Å². The van der Waals surface area contributed by atoms with Crippen LogP contribution in [0.15, 0.2) is 42.5 Å². The van der Waals surface area contributed by atoms with Crippen LogP contribution in [0.3, 0.4) is 0 Å². The second kappa shape index (κ2) is 8.16. The van der Waals surface area contributed by atoms with Gasteiger partial charge in [-0.3, -0.25) is 9.69 Å². The Balaban J connectivity index is 1.46. The quantitative estimate of drug-likeness (QED) is 0.809. The Morgan fingerprint density at radius 3 is 2.87 bits per heavy atom. The van der Waals surface area contributed by atoms with Crippen LogP contribution >= 0.6 is 0 Å². The molecule has 158 valence electrons. The fraction of sp³-hybridized carbons (Fsp3) is 0.500. The van der Waals surface area contributed by atoms with Crippen molar-refractivity contribution >= 4 is 5.91 Å². The maximum Gasteiger partial charge on any atom is 0.252 e. The largest absolute Gasteiger partial charge is 0.346 e. The molecule has 4 heteroatoms. The van der Waals surface area contributed by atoms with Gasteiger partial charge >= 0.3 is 0 Å². The van der Waals surface area contributed by atoms with Crippen LogP contribution in [0, 0.1) is 12.8 Å². The van der Waals surface area contributed by atoms with Crippen molar-refractivity contribution in [3.05, 3.63) is 70.3 Å². The van der Waals surface area contributed by atoms with Crippen LogP contribution in [0.2, 0.25) is 0 Å². The second-order valence-corrected chi connectivity index (χ2v) is 9.40. The van der Waals surface area contributed by atoms with Gasteiger partial charge in [-0.25, -0.2) is 0 Å². The summed E-state index contributed by atoms with van der Waals surface area (Å²) in [7, 11) is 0. The second-order valence-electron chi connectivity index (χ2n) is 9.40. The minimum absolute atomic E-state index is 0.00982. The lowest BCUT2D eigenvalue weighted by atomic mass is 9.75. The van der Waals surface area contributed by atoms with Gasteiger partial charge in [0, 0.05) is 30.7 Å². The van der Waals surface area contributed by atoms with E-state index in [1.165, 1.54) is 24.0 Å². The van der Waals surface area contributed by atoms with Crippen LogP contribution in [0.25, 0.3) is 0 Å². The normalized spacial score (nSPS) is 26.8. The molecular weight excluding hydrogens is 370 g/mol. The van der Waals surface area contributed by atoms with E-state index in [1.54, 1.807) is 0 Å². The topological polar surface area (TPSA) is 44.4 Å². The van der Waals surface area contributed by atoms with E-state index in [9.17, 15) is 4.79 Å². The number of nitrogens with zero attached hydrogens (tertiary/aromatic N) is 1. The molecule has 1 amide bonds. The molecule has 0 radical (unpaired) electrons. The van der Waals surface area contributed by atoms with Gasteiger partial charge in [-0.1, -0.05) is 42.5 Å². The van der Waals surface area contributed by atoms with Crippen molar-refractivity contribution in [2.24, 2.45) is 5.92 Å². The number of piperidine rings is 2. The maximum atomic E-state index is 13.5. The van der Waals surface area contributed by atoms with Gasteiger partial charge in [0.25, 0.3) is 5.91 Å². The summed E-state index contributed by atoms with van der Waals surface area (Å²) in [5.74, 6) is 0.831. The molecule has 2 fully saturated rings. The first-order valence-electron chi connectivity index (χ1n) is 11.6. The molecular formula is C26H33N3O. The molecule has 2 N–H and O–H groups in total. The summed E-state index contributed by atoms with van der Waals surface area (Å²) in [5, 5.41) is 7.06. The molecule has 0 unspecified atom stereocenters. The number of amides is 1. The van der Waals surface area contributed by atoms with E-state index in [4.69, 9.17) is 0 Å². The third-order valence-corrected chi connectivity index (χ3v) is 7.53. The Kier molecular flexibility index (Phi) is 5.38. The van der Waals surface area contributed by atoms with Gasteiger partial charge in [-0.2, -0.15) is 0 Å². The van der Waals surface area contributed by atoms with E-state index in [0.717, 1.165) is 55.1 Å². The number of hydrogen-bond acceptors (Lipinski definition) is 3. The summed E-state index contributed by atoms with van der Waals surface area (Å²) in [6.45, 7) is 7.58. The molecule has 0 spiro atoms. The van der Waals surface area contributed by atoms with Crippen LogP contribution < -0.4 is 10.6 Å². The van der Waals surface area contributed by atoms with E-state index >= 15 is 0 Å². The number of fused-ring (bicyclic) bond motifs is 4. The molecule has 3 heterocycles. The molecule has 4 nitrogen and oxygen atoms in total. The van der Waals surface area contributed by atoms with Crippen molar-refractivity contribution in [2.45, 2.75) is 57.7 Å². The van der Waals surface area contributed by atoms with Gasteiger partial charge in [0.2, 0.25) is 0 Å². The number of nitrogens with one attached hydrogen (secondary N) is 2. The zero-order valence-corrected chi connectivity index (χ0v) is 18.2. The Morgan fingerprint density at radius 1 is 1.20 bits per heavy atom. The minimum atomic E-state index is -0.00982. The molecule has 2 saturated heterocycles. The third-order valence-electron chi connectivity index (χ3n) is 7.53. The van der Waals surface area contributed by atoms with Crippen molar-refractivity contribution in [3.63, 3.8) is 0 Å². The minimum Gasteiger partial charge on any atom is -0.346 e. The zero-order valence-electron chi connectivity index (χ0n) is 18.2.